The van der Waals surface area contributed by atoms with Gasteiger partial charge in [-0.1, -0.05) is 36.4 Å². The van der Waals surface area contributed by atoms with Gasteiger partial charge in [-0.25, -0.2) is 9.98 Å². The maximum Gasteiger partial charge on any atom is 0.144 e. The summed E-state index contributed by atoms with van der Waals surface area (Å²) in [4.78, 5) is 13.5. The van der Waals surface area contributed by atoms with Gasteiger partial charge in [-0.05, 0) is 25.0 Å². The van der Waals surface area contributed by atoms with E-state index in [0.717, 1.165) is 30.3 Å². The fourth-order valence-corrected chi connectivity index (χ4v) is 3.48. The number of hydrogen-bond acceptors (Lipinski definition) is 4. The van der Waals surface area contributed by atoms with E-state index >= 15 is 0 Å². The van der Waals surface area contributed by atoms with Crippen molar-refractivity contribution in [1.82, 2.24) is 0 Å². The molecule has 0 bridgehead atoms. The number of thioether (sulfide) groups is 1. The lowest BCUT2D eigenvalue weighted by atomic mass is 10.1. The van der Waals surface area contributed by atoms with Crippen LogP contribution in [0.4, 0.5) is 0 Å². The van der Waals surface area contributed by atoms with Crippen LogP contribution in [0.5, 0.6) is 0 Å². The molecule has 0 spiro atoms. The lowest BCUT2D eigenvalue weighted by molar-refractivity contribution is 0.860. The fraction of sp³-hybridized carbons (Fsp3) is 0.462. The Balaban J connectivity index is 1.75. The maximum atomic E-state index is 5.91. The second kappa shape index (κ2) is 5.02. The summed E-state index contributed by atoms with van der Waals surface area (Å²) in [6, 6.07) is 0. The monoisotopic (exact) mass is 279 g/mol. The molecule has 3 aliphatic rings. The summed E-state index contributed by atoms with van der Waals surface area (Å²) in [5.74, 6) is 1.19. The number of aliphatic imine (C=N–C) groups is 3. The molecule has 3 aliphatic heterocycles. The Morgan fingerprint density at radius 3 is 3.06 bits per heavy atom. The molecular weight excluding hydrogens is 266 g/mol. The summed E-state index contributed by atoms with van der Waals surface area (Å²) >= 11 is 7.72. The fourth-order valence-electron chi connectivity index (χ4n) is 2.14. The smallest absolute Gasteiger partial charge is 0.144 e. The molecule has 0 fully saturated rings. The molecule has 0 N–H and O–H groups in total. The molecule has 18 heavy (non-hydrogen) atoms. The van der Waals surface area contributed by atoms with Crippen molar-refractivity contribution in [3.05, 3.63) is 23.4 Å². The minimum Gasteiger partial charge on any atom is -0.289 e. The second-order valence-corrected chi connectivity index (χ2v) is 6.05. The van der Waals surface area contributed by atoms with Gasteiger partial charge in [0.2, 0.25) is 0 Å². The van der Waals surface area contributed by atoms with E-state index in [1.165, 1.54) is 5.71 Å². The number of rotatable bonds is 2. The summed E-state index contributed by atoms with van der Waals surface area (Å²) in [6.45, 7) is 2.94. The maximum absolute atomic E-state index is 5.91. The minimum absolute atomic E-state index is 0.317. The van der Waals surface area contributed by atoms with Crippen molar-refractivity contribution in [2.24, 2.45) is 20.9 Å². The first kappa shape index (κ1) is 12.2. The normalized spacial score (nSPS) is 30.3. The SMILES string of the molecule is CCC1=NCC(C2=NC3=NC(Cl)=CCC3S2)C=C1. The van der Waals surface area contributed by atoms with E-state index in [9.17, 15) is 0 Å². The molecular formula is C13H14ClN3S. The Morgan fingerprint density at radius 2 is 2.33 bits per heavy atom. The van der Waals surface area contributed by atoms with E-state index in [0.29, 0.717) is 16.3 Å². The number of halogens is 1. The Morgan fingerprint density at radius 1 is 1.44 bits per heavy atom. The van der Waals surface area contributed by atoms with E-state index in [4.69, 9.17) is 11.6 Å². The van der Waals surface area contributed by atoms with Crippen LogP contribution >= 0.6 is 23.4 Å². The standard InChI is InChI=1S/C13H14ClN3S/c1-2-9-4-3-8(7-15-9)13-17-12-10(18-13)5-6-11(14)16-12/h3-4,6,8,10H,2,5,7H2,1H3. The number of hydrogen-bond donors (Lipinski definition) is 0. The first-order valence-corrected chi connectivity index (χ1v) is 7.43. The van der Waals surface area contributed by atoms with E-state index in [2.05, 4.69) is 34.1 Å². The molecule has 0 saturated heterocycles. The number of dihydropyridines is 1. The number of nitrogens with zero attached hydrogens (tertiary/aromatic N) is 3. The summed E-state index contributed by atoms with van der Waals surface area (Å²) in [5.41, 5.74) is 1.18. The van der Waals surface area contributed by atoms with Crippen LogP contribution in [-0.4, -0.2) is 28.4 Å². The average Bonchev–Trinajstić information content (AvgIpc) is 2.81. The third-order valence-corrected chi connectivity index (χ3v) is 4.75. The van der Waals surface area contributed by atoms with E-state index in [1.807, 2.05) is 17.8 Å². The summed E-state index contributed by atoms with van der Waals surface area (Å²) in [7, 11) is 0. The number of fused-ring (bicyclic) bond motifs is 1. The van der Waals surface area contributed by atoms with Crippen LogP contribution in [0.3, 0.4) is 0 Å². The van der Waals surface area contributed by atoms with E-state index in [1.54, 1.807) is 0 Å². The Hall–Kier alpha value is -0.870. The van der Waals surface area contributed by atoms with Crippen molar-refractivity contribution in [1.29, 1.82) is 0 Å². The molecule has 2 atom stereocenters. The van der Waals surface area contributed by atoms with Gasteiger partial charge in [0.05, 0.1) is 16.8 Å². The van der Waals surface area contributed by atoms with Crippen molar-refractivity contribution < 1.29 is 0 Å². The van der Waals surface area contributed by atoms with Crippen LogP contribution in [0, 0.1) is 5.92 Å². The number of amidine groups is 1. The molecule has 3 rings (SSSR count). The predicted molar refractivity (Wildman–Crippen MR) is 80.0 cm³/mol. The molecule has 94 valence electrons. The third-order valence-electron chi connectivity index (χ3n) is 3.19. The van der Waals surface area contributed by atoms with Gasteiger partial charge in [0.15, 0.2) is 0 Å². The number of allylic oxidation sites excluding steroid dienone is 2. The molecule has 0 radical (unpaired) electrons. The predicted octanol–water partition coefficient (Wildman–Crippen LogP) is 3.42. The highest BCUT2D eigenvalue weighted by atomic mass is 35.5. The molecule has 0 saturated carbocycles. The van der Waals surface area contributed by atoms with Crippen molar-refractivity contribution in [3.8, 4) is 0 Å². The van der Waals surface area contributed by atoms with Crippen LogP contribution in [0.2, 0.25) is 0 Å². The van der Waals surface area contributed by atoms with Gasteiger partial charge >= 0.3 is 0 Å². The quantitative estimate of drug-likeness (QED) is 0.714. The first-order valence-electron chi connectivity index (χ1n) is 6.17. The minimum atomic E-state index is 0.317. The van der Waals surface area contributed by atoms with Crippen molar-refractivity contribution in [2.75, 3.05) is 6.54 Å². The zero-order chi connectivity index (χ0) is 12.5. The van der Waals surface area contributed by atoms with Gasteiger partial charge < -0.3 is 0 Å². The molecule has 5 heteroatoms. The summed E-state index contributed by atoms with van der Waals surface area (Å²) in [5, 5.41) is 2.05. The average molecular weight is 280 g/mol. The van der Waals surface area contributed by atoms with Gasteiger partial charge in [-0.3, -0.25) is 4.99 Å². The highest BCUT2D eigenvalue weighted by molar-refractivity contribution is 8.15. The zero-order valence-electron chi connectivity index (χ0n) is 10.1. The molecule has 0 aromatic carbocycles. The van der Waals surface area contributed by atoms with E-state index in [-0.39, 0.29) is 0 Å². The Bertz CT molecular complexity index is 516. The third kappa shape index (κ3) is 2.31. The zero-order valence-corrected chi connectivity index (χ0v) is 11.7. The van der Waals surface area contributed by atoms with Gasteiger partial charge in [-0.2, -0.15) is 0 Å². The lowest BCUT2D eigenvalue weighted by Gasteiger charge is -2.15. The summed E-state index contributed by atoms with van der Waals surface area (Å²) in [6.07, 6.45) is 8.22. The molecule has 0 aliphatic carbocycles. The van der Waals surface area contributed by atoms with Crippen LogP contribution in [0.25, 0.3) is 0 Å². The first-order chi connectivity index (χ1) is 8.76. The highest BCUT2D eigenvalue weighted by Crippen LogP contribution is 2.34. The lowest BCUT2D eigenvalue weighted by Crippen LogP contribution is -2.16. The highest BCUT2D eigenvalue weighted by Gasteiger charge is 2.31. The Kier molecular flexibility index (Phi) is 3.39. The van der Waals surface area contributed by atoms with Gasteiger partial charge in [0.25, 0.3) is 0 Å². The van der Waals surface area contributed by atoms with Crippen molar-refractivity contribution in [3.63, 3.8) is 0 Å². The van der Waals surface area contributed by atoms with Crippen LogP contribution in [-0.2, 0) is 0 Å². The topological polar surface area (TPSA) is 37.1 Å². The van der Waals surface area contributed by atoms with Gasteiger partial charge in [0, 0.05) is 11.6 Å². The molecule has 2 unspecified atom stereocenters. The van der Waals surface area contributed by atoms with Crippen molar-refractivity contribution >= 4 is 40.0 Å². The molecule has 3 heterocycles. The molecule has 0 aromatic heterocycles. The van der Waals surface area contributed by atoms with Crippen LogP contribution < -0.4 is 0 Å². The van der Waals surface area contributed by atoms with Gasteiger partial charge in [-0.15, -0.1) is 0 Å². The largest absolute Gasteiger partial charge is 0.289 e. The van der Waals surface area contributed by atoms with Crippen molar-refractivity contribution in [2.45, 2.75) is 25.0 Å². The molecule has 0 aromatic rings. The molecule has 0 amide bonds. The van der Waals surface area contributed by atoms with E-state index < -0.39 is 0 Å². The van der Waals surface area contributed by atoms with Crippen LogP contribution in [0.15, 0.2) is 38.4 Å². The Labute approximate surface area is 116 Å². The summed E-state index contributed by atoms with van der Waals surface area (Å²) < 4.78 is 0. The van der Waals surface area contributed by atoms with Crippen LogP contribution in [0.1, 0.15) is 19.8 Å². The molecule has 3 nitrogen and oxygen atoms in total. The van der Waals surface area contributed by atoms with Gasteiger partial charge in [0.1, 0.15) is 11.0 Å². The second-order valence-electron chi connectivity index (χ2n) is 4.44.